The molecule has 2 rings (SSSR count). The van der Waals surface area contributed by atoms with Crippen molar-refractivity contribution >= 4 is 0 Å². The maximum atomic E-state index is 6.67. The van der Waals surface area contributed by atoms with Crippen LogP contribution in [0.1, 0.15) is 79.6 Å². The van der Waals surface area contributed by atoms with Gasteiger partial charge in [0.2, 0.25) is 0 Å². The first-order chi connectivity index (χ1) is 12.3. The summed E-state index contributed by atoms with van der Waals surface area (Å²) in [5.41, 5.74) is 9.20. The van der Waals surface area contributed by atoms with Gasteiger partial charge >= 0.3 is 0 Å². The molecule has 2 aliphatic carbocycles. The summed E-state index contributed by atoms with van der Waals surface area (Å²) in [6.07, 6.45) is 8.99. The van der Waals surface area contributed by atoms with Crippen molar-refractivity contribution in [3.05, 3.63) is 24.4 Å². The molecule has 0 aromatic carbocycles. The Morgan fingerprint density at radius 1 is 1.04 bits per heavy atom. The van der Waals surface area contributed by atoms with Crippen molar-refractivity contribution in [2.24, 2.45) is 41.2 Å². The van der Waals surface area contributed by atoms with Gasteiger partial charge in [-0.2, -0.15) is 0 Å². The molecule has 0 saturated heterocycles. The lowest BCUT2D eigenvalue weighted by Gasteiger charge is -2.47. The molecule has 0 amide bonds. The second-order valence-electron chi connectivity index (χ2n) is 9.54. The van der Waals surface area contributed by atoms with E-state index in [1.807, 2.05) is 0 Å². The highest BCUT2D eigenvalue weighted by Gasteiger charge is 2.41. The van der Waals surface area contributed by atoms with Crippen LogP contribution in [0.15, 0.2) is 24.4 Å². The highest BCUT2D eigenvalue weighted by molar-refractivity contribution is 5.06. The Morgan fingerprint density at radius 2 is 1.73 bits per heavy atom. The van der Waals surface area contributed by atoms with Gasteiger partial charge in [0.05, 0.1) is 0 Å². The van der Waals surface area contributed by atoms with Crippen LogP contribution < -0.4 is 11.1 Å². The van der Waals surface area contributed by atoms with Crippen LogP contribution in [-0.2, 0) is 0 Å². The van der Waals surface area contributed by atoms with Crippen LogP contribution in [0, 0.1) is 35.5 Å². The summed E-state index contributed by atoms with van der Waals surface area (Å²) in [4.78, 5) is 0. The van der Waals surface area contributed by atoms with E-state index in [9.17, 15) is 0 Å². The summed E-state index contributed by atoms with van der Waals surface area (Å²) in [6, 6.07) is 0.911. The van der Waals surface area contributed by atoms with Crippen LogP contribution in [0.2, 0.25) is 0 Å². The highest BCUT2D eigenvalue weighted by atomic mass is 14.9. The van der Waals surface area contributed by atoms with Gasteiger partial charge in [-0.1, -0.05) is 52.8 Å². The molecule has 0 heterocycles. The molecule has 2 aliphatic rings. The van der Waals surface area contributed by atoms with E-state index in [2.05, 4.69) is 53.1 Å². The van der Waals surface area contributed by atoms with Gasteiger partial charge in [0.15, 0.2) is 0 Å². The van der Waals surface area contributed by atoms with Crippen molar-refractivity contribution < 1.29 is 0 Å². The smallest absolute Gasteiger partial charge is 0.0286 e. The maximum Gasteiger partial charge on any atom is 0.0286 e. The fraction of sp³-hybridized carbons (Fsp3) is 0.833. The Labute approximate surface area is 163 Å². The van der Waals surface area contributed by atoms with Crippen LogP contribution in [-0.4, -0.2) is 12.1 Å². The van der Waals surface area contributed by atoms with Crippen molar-refractivity contribution in [2.75, 3.05) is 0 Å². The monoisotopic (exact) mass is 360 g/mol. The minimum Gasteiger partial charge on any atom is -0.386 e. The maximum absolute atomic E-state index is 6.67. The quantitative estimate of drug-likeness (QED) is 0.555. The van der Waals surface area contributed by atoms with Crippen LogP contribution in [0.5, 0.6) is 0 Å². The molecule has 0 radical (unpaired) electrons. The molecule has 8 atom stereocenters. The average molecular weight is 361 g/mol. The lowest BCUT2D eigenvalue weighted by Crippen LogP contribution is -2.49. The lowest BCUT2D eigenvalue weighted by atomic mass is 9.61. The summed E-state index contributed by atoms with van der Waals surface area (Å²) in [5.74, 6) is 4.14. The number of rotatable bonds is 7. The lowest BCUT2D eigenvalue weighted by molar-refractivity contribution is 0.0816. The molecule has 3 N–H and O–H groups in total. The zero-order chi connectivity index (χ0) is 19.4. The molecule has 0 aromatic rings. The van der Waals surface area contributed by atoms with Gasteiger partial charge in [-0.05, 0) is 81.0 Å². The summed E-state index contributed by atoms with van der Waals surface area (Å²) >= 11 is 0. The molecule has 0 spiro atoms. The van der Waals surface area contributed by atoms with Gasteiger partial charge in [0.25, 0.3) is 0 Å². The van der Waals surface area contributed by atoms with E-state index in [4.69, 9.17) is 5.73 Å². The van der Waals surface area contributed by atoms with Gasteiger partial charge in [0, 0.05) is 17.8 Å². The Bertz CT molecular complexity index is 483. The van der Waals surface area contributed by atoms with Crippen LogP contribution in [0.25, 0.3) is 0 Å². The van der Waals surface area contributed by atoms with Crippen molar-refractivity contribution in [3.8, 4) is 0 Å². The summed E-state index contributed by atoms with van der Waals surface area (Å²) in [6.45, 7) is 20.0. The topological polar surface area (TPSA) is 38.0 Å². The average Bonchev–Trinajstić information content (AvgIpc) is 2.62. The third-order valence-electron chi connectivity index (χ3n) is 7.87. The van der Waals surface area contributed by atoms with Crippen molar-refractivity contribution in [1.82, 2.24) is 5.32 Å². The largest absolute Gasteiger partial charge is 0.386 e. The second-order valence-corrected chi connectivity index (χ2v) is 9.54. The molecule has 0 bridgehead atoms. The van der Waals surface area contributed by atoms with Gasteiger partial charge in [-0.3, -0.25) is 0 Å². The molecule has 2 fully saturated rings. The van der Waals surface area contributed by atoms with Gasteiger partial charge in [-0.15, -0.1) is 0 Å². The fourth-order valence-corrected chi connectivity index (χ4v) is 5.71. The standard InChI is InChI=1S/C24H44N2/c1-8-16(5)26-23-11-10-19(9-2)12-21(23)13-20-14-22(15(3)4)18(7)24(25)17(20)6/h17-24,26H,3,5,8-14,25H2,1-2,4,6-7H3. The van der Waals surface area contributed by atoms with E-state index in [1.165, 1.54) is 49.8 Å². The van der Waals surface area contributed by atoms with Crippen LogP contribution in [0.4, 0.5) is 0 Å². The summed E-state index contributed by atoms with van der Waals surface area (Å²) in [7, 11) is 0. The van der Waals surface area contributed by atoms with E-state index < -0.39 is 0 Å². The van der Waals surface area contributed by atoms with Crippen molar-refractivity contribution in [3.63, 3.8) is 0 Å². The third-order valence-corrected chi connectivity index (χ3v) is 7.87. The number of nitrogens with two attached hydrogens (primary N) is 1. The van der Waals surface area contributed by atoms with Gasteiger partial charge in [-0.25, -0.2) is 0 Å². The molecule has 8 unspecified atom stereocenters. The third kappa shape index (κ3) is 4.94. The second kappa shape index (κ2) is 9.44. The van der Waals surface area contributed by atoms with E-state index >= 15 is 0 Å². The van der Waals surface area contributed by atoms with E-state index in [0.717, 1.165) is 24.2 Å². The van der Waals surface area contributed by atoms with Gasteiger partial charge < -0.3 is 11.1 Å². The first kappa shape index (κ1) is 21.5. The number of hydrogen-bond acceptors (Lipinski definition) is 2. The SMILES string of the molecule is C=C(CC)NC1CCC(CC)CC1CC1CC(C(=C)C)C(C)C(N)C1C. The molecule has 2 saturated carbocycles. The molecule has 26 heavy (non-hydrogen) atoms. The zero-order valence-electron chi connectivity index (χ0n) is 18.1. The molecule has 0 aromatic heterocycles. The Hall–Kier alpha value is -0.760. The molecule has 2 heteroatoms. The number of hydrogen-bond donors (Lipinski definition) is 2. The van der Waals surface area contributed by atoms with Crippen molar-refractivity contribution in [2.45, 2.75) is 91.6 Å². The Kier molecular flexibility index (Phi) is 7.82. The summed E-state index contributed by atoms with van der Waals surface area (Å²) in [5, 5.41) is 3.78. The van der Waals surface area contributed by atoms with Crippen LogP contribution >= 0.6 is 0 Å². The van der Waals surface area contributed by atoms with Gasteiger partial charge in [0.1, 0.15) is 0 Å². The summed E-state index contributed by atoms with van der Waals surface area (Å²) < 4.78 is 0. The highest BCUT2D eigenvalue weighted by Crippen LogP contribution is 2.45. The minimum atomic E-state index is 0.304. The minimum absolute atomic E-state index is 0.304. The Balaban J connectivity index is 2.12. The van der Waals surface area contributed by atoms with E-state index in [-0.39, 0.29) is 0 Å². The molecule has 0 aliphatic heterocycles. The molecular weight excluding hydrogens is 316 g/mol. The normalized spacial score (nSPS) is 40.8. The molecule has 2 nitrogen and oxygen atoms in total. The molecule has 150 valence electrons. The Morgan fingerprint density at radius 3 is 2.31 bits per heavy atom. The number of allylic oxidation sites excluding steroid dienone is 2. The predicted octanol–water partition coefficient (Wildman–Crippen LogP) is 5.90. The predicted molar refractivity (Wildman–Crippen MR) is 115 cm³/mol. The fourth-order valence-electron chi connectivity index (χ4n) is 5.71. The van der Waals surface area contributed by atoms with Crippen LogP contribution in [0.3, 0.4) is 0 Å². The number of nitrogens with one attached hydrogen (secondary N) is 1. The van der Waals surface area contributed by atoms with E-state index in [0.29, 0.717) is 29.8 Å². The first-order valence-electron chi connectivity index (χ1n) is 11.1. The van der Waals surface area contributed by atoms with E-state index in [1.54, 1.807) is 0 Å². The molecular formula is C24H44N2. The first-order valence-corrected chi connectivity index (χ1v) is 11.1. The zero-order valence-corrected chi connectivity index (χ0v) is 18.1. The van der Waals surface area contributed by atoms with Crippen molar-refractivity contribution in [1.29, 1.82) is 0 Å².